The number of hydrogen-bond acceptors (Lipinski definition) is 2. The molecule has 3 heteroatoms. The standard InChI is InChI=1S/C8H14N2O/c1-6(2)9-7(3)10(5)8(4)11/h1H2,2-5H3/b9-7-. The molecule has 0 aromatic heterocycles. The van der Waals surface area contributed by atoms with Crippen LogP contribution in [0.2, 0.25) is 0 Å². The lowest BCUT2D eigenvalue weighted by Gasteiger charge is -2.13. The maximum atomic E-state index is 10.8. The monoisotopic (exact) mass is 154 g/mol. The van der Waals surface area contributed by atoms with Gasteiger partial charge in [-0.2, -0.15) is 0 Å². The van der Waals surface area contributed by atoms with Gasteiger partial charge in [0.25, 0.3) is 0 Å². The lowest BCUT2D eigenvalue weighted by molar-refractivity contribution is -0.124. The second-order valence-electron chi connectivity index (χ2n) is 2.47. The molecule has 0 aliphatic carbocycles. The molecule has 11 heavy (non-hydrogen) atoms. The third-order valence-electron chi connectivity index (χ3n) is 1.31. The van der Waals surface area contributed by atoms with Crippen LogP contribution in [0.3, 0.4) is 0 Å². The van der Waals surface area contributed by atoms with Gasteiger partial charge in [0.2, 0.25) is 5.91 Å². The maximum Gasteiger partial charge on any atom is 0.224 e. The zero-order valence-electron chi connectivity index (χ0n) is 7.51. The van der Waals surface area contributed by atoms with Crippen molar-refractivity contribution in [2.45, 2.75) is 20.8 Å². The van der Waals surface area contributed by atoms with Crippen LogP contribution in [0.4, 0.5) is 0 Å². The number of aliphatic imine (C=N–C) groups is 1. The molecule has 62 valence electrons. The highest BCUT2D eigenvalue weighted by Gasteiger charge is 2.03. The minimum Gasteiger partial charge on any atom is -0.304 e. The van der Waals surface area contributed by atoms with E-state index in [0.29, 0.717) is 11.5 Å². The van der Waals surface area contributed by atoms with Crippen molar-refractivity contribution in [1.29, 1.82) is 0 Å². The van der Waals surface area contributed by atoms with Gasteiger partial charge in [-0.25, -0.2) is 4.99 Å². The van der Waals surface area contributed by atoms with Crippen molar-refractivity contribution in [2.75, 3.05) is 7.05 Å². The van der Waals surface area contributed by atoms with Crippen LogP contribution in [0.25, 0.3) is 0 Å². The van der Waals surface area contributed by atoms with Crippen molar-refractivity contribution in [2.24, 2.45) is 4.99 Å². The lowest BCUT2D eigenvalue weighted by atomic mass is 10.5. The summed E-state index contributed by atoms with van der Waals surface area (Å²) in [4.78, 5) is 16.3. The van der Waals surface area contributed by atoms with Crippen LogP contribution in [0.5, 0.6) is 0 Å². The summed E-state index contributed by atoms with van der Waals surface area (Å²) in [5, 5.41) is 0. The third kappa shape index (κ3) is 3.55. The summed E-state index contributed by atoms with van der Waals surface area (Å²) in [5.41, 5.74) is 0.704. The second-order valence-corrected chi connectivity index (χ2v) is 2.47. The molecule has 0 N–H and O–H groups in total. The summed E-state index contributed by atoms with van der Waals surface area (Å²) < 4.78 is 0. The Labute approximate surface area is 67.4 Å². The first-order chi connectivity index (χ1) is 4.95. The van der Waals surface area contributed by atoms with E-state index in [1.54, 1.807) is 20.9 Å². The highest BCUT2D eigenvalue weighted by Crippen LogP contribution is 1.94. The van der Waals surface area contributed by atoms with Gasteiger partial charge in [0.1, 0.15) is 5.84 Å². The molecule has 3 nitrogen and oxygen atoms in total. The number of hydrogen-bond donors (Lipinski definition) is 0. The largest absolute Gasteiger partial charge is 0.304 e. The summed E-state index contributed by atoms with van der Waals surface area (Å²) >= 11 is 0. The smallest absolute Gasteiger partial charge is 0.224 e. The maximum absolute atomic E-state index is 10.8. The number of carbonyl (C=O) groups is 1. The van der Waals surface area contributed by atoms with E-state index in [4.69, 9.17) is 0 Å². The average Bonchev–Trinajstić information content (AvgIpc) is 1.84. The molecular weight excluding hydrogens is 140 g/mol. The molecule has 0 bridgehead atoms. The van der Waals surface area contributed by atoms with Crippen molar-refractivity contribution in [3.63, 3.8) is 0 Å². The quantitative estimate of drug-likeness (QED) is 0.415. The Morgan fingerprint density at radius 3 is 2.09 bits per heavy atom. The molecule has 0 aromatic rings. The first-order valence-corrected chi connectivity index (χ1v) is 3.40. The zero-order chi connectivity index (χ0) is 9.02. The topological polar surface area (TPSA) is 32.7 Å². The Morgan fingerprint density at radius 2 is 1.82 bits per heavy atom. The number of carbonyl (C=O) groups excluding carboxylic acids is 1. The number of rotatable bonds is 1. The van der Waals surface area contributed by atoms with E-state index in [9.17, 15) is 4.79 Å². The second kappa shape index (κ2) is 3.91. The van der Waals surface area contributed by atoms with Gasteiger partial charge >= 0.3 is 0 Å². The fraction of sp³-hybridized carbons (Fsp3) is 0.500. The predicted molar refractivity (Wildman–Crippen MR) is 46.4 cm³/mol. The Bertz CT molecular complexity index is 206. The SMILES string of the molecule is C=C(C)/N=C(/C)N(C)C(C)=O. The van der Waals surface area contributed by atoms with Gasteiger partial charge in [-0.15, -0.1) is 0 Å². The average molecular weight is 154 g/mol. The van der Waals surface area contributed by atoms with Gasteiger partial charge in [-0.3, -0.25) is 4.79 Å². The Kier molecular flexibility index (Phi) is 3.51. The molecule has 0 aliphatic rings. The molecule has 0 spiro atoms. The Hall–Kier alpha value is -1.12. The molecule has 0 saturated heterocycles. The predicted octanol–water partition coefficient (Wildman–Crippen LogP) is 1.42. The molecule has 0 atom stereocenters. The number of allylic oxidation sites excluding steroid dienone is 1. The molecule has 0 radical (unpaired) electrons. The minimum atomic E-state index is -0.0208. The van der Waals surface area contributed by atoms with E-state index in [-0.39, 0.29) is 5.91 Å². The van der Waals surface area contributed by atoms with E-state index < -0.39 is 0 Å². The van der Waals surface area contributed by atoms with Crippen LogP contribution in [0.15, 0.2) is 17.3 Å². The lowest BCUT2D eigenvalue weighted by Crippen LogP contribution is -2.28. The molecule has 1 amide bonds. The van der Waals surface area contributed by atoms with Gasteiger partial charge in [-0.05, 0) is 13.8 Å². The molecular formula is C8H14N2O. The molecule has 0 heterocycles. The van der Waals surface area contributed by atoms with Gasteiger partial charge in [0.05, 0.1) is 0 Å². The van der Waals surface area contributed by atoms with E-state index in [1.165, 1.54) is 11.8 Å². The minimum absolute atomic E-state index is 0.0208. The molecule has 0 unspecified atom stereocenters. The zero-order valence-corrected chi connectivity index (χ0v) is 7.51. The van der Waals surface area contributed by atoms with Crippen LogP contribution in [-0.2, 0) is 4.79 Å². The van der Waals surface area contributed by atoms with Crippen LogP contribution in [-0.4, -0.2) is 23.7 Å². The summed E-state index contributed by atoms with van der Waals surface area (Å²) in [6, 6.07) is 0. The summed E-state index contributed by atoms with van der Waals surface area (Å²) in [7, 11) is 1.68. The number of amidine groups is 1. The first-order valence-electron chi connectivity index (χ1n) is 3.40. The summed E-state index contributed by atoms with van der Waals surface area (Å²) in [5.74, 6) is 0.650. The van der Waals surface area contributed by atoms with Crippen molar-refractivity contribution in [3.05, 3.63) is 12.3 Å². The molecule has 0 saturated carbocycles. The molecule has 0 aromatic carbocycles. The fourth-order valence-electron chi connectivity index (χ4n) is 0.579. The molecule has 0 rings (SSSR count). The van der Waals surface area contributed by atoms with Gasteiger partial charge < -0.3 is 4.90 Å². The number of amides is 1. The van der Waals surface area contributed by atoms with Crippen LogP contribution in [0.1, 0.15) is 20.8 Å². The molecule has 0 fully saturated rings. The highest BCUT2D eigenvalue weighted by atomic mass is 16.2. The van der Waals surface area contributed by atoms with E-state index in [2.05, 4.69) is 11.6 Å². The van der Waals surface area contributed by atoms with Crippen molar-refractivity contribution < 1.29 is 4.79 Å². The van der Waals surface area contributed by atoms with E-state index in [1.807, 2.05) is 0 Å². The highest BCUT2D eigenvalue weighted by molar-refractivity contribution is 5.95. The summed E-state index contributed by atoms with van der Waals surface area (Å²) in [6.07, 6.45) is 0. The first kappa shape index (κ1) is 9.88. The fourth-order valence-corrected chi connectivity index (χ4v) is 0.579. The van der Waals surface area contributed by atoms with Crippen molar-refractivity contribution >= 4 is 11.7 Å². The van der Waals surface area contributed by atoms with Crippen LogP contribution >= 0.6 is 0 Å². The Balaban J connectivity index is 4.35. The van der Waals surface area contributed by atoms with Crippen LogP contribution in [0, 0.1) is 0 Å². The third-order valence-corrected chi connectivity index (χ3v) is 1.31. The van der Waals surface area contributed by atoms with Crippen LogP contribution < -0.4 is 0 Å². The van der Waals surface area contributed by atoms with E-state index in [0.717, 1.165) is 0 Å². The summed E-state index contributed by atoms with van der Waals surface area (Å²) in [6.45, 7) is 8.67. The molecule has 0 aliphatic heterocycles. The number of nitrogens with zero attached hydrogens (tertiary/aromatic N) is 2. The van der Waals surface area contributed by atoms with Crippen molar-refractivity contribution in [3.8, 4) is 0 Å². The van der Waals surface area contributed by atoms with Gasteiger partial charge in [0, 0.05) is 19.7 Å². The van der Waals surface area contributed by atoms with Crippen molar-refractivity contribution in [1.82, 2.24) is 4.90 Å². The normalized spacial score (nSPS) is 11.1. The Morgan fingerprint density at radius 1 is 1.36 bits per heavy atom. The van der Waals surface area contributed by atoms with Gasteiger partial charge in [-0.1, -0.05) is 6.58 Å². The van der Waals surface area contributed by atoms with Gasteiger partial charge in [0.15, 0.2) is 0 Å². The van der Waals surface area contributed by atoms with E-state index >= 15 is 0 Å².